The molecule has 0 aliphatic carbocycles. The fraction of sp³-hybridized carbons (Fsp3) is 0.690. The van der Waals surface area contributed by atoms with Gasteiger partial charge in [0.15, 0.2) is 0 Å². The molecule has 0 unspecified atom stereocenters. The van der Waals surface area contributed by atoms with Crippen LogP contribution in [0.5, 0.6) is 0 Å². The molecule has 0 saturated carbocycles. The Morgan fingerprint density at radius 3 is 2.62 bits per heavy atom. The highest BCUT2D eigenvalue weighted by Crippen LogP contribution is 2.45. The van der Waals surface area contributed by atoms with Crippen molar-refractivity contribution in [2.45, 2.75) is 110 Å². The SMILES string of the molecule is C=CC[C@H]1C(=O)C(C)(C)[C@H](O)CC(=O)O[C@H](/C(C)=C/c2csc(C)n2)C[C@H]2O[C@]2(C)CCC[C@H](C)[C@@H]1O. The number of nitrogens with zero attached hydrogens (tertiary/aromatic N) is 1. The van der Waals surface area contributed by atoms with E-state index in [1.54, 1.807) is 31.3 Å². The number of epoxide rings is 1. The van der Waals surface area contributed by atoms with Crippen molar-refractivity contribution in [1.29, 1.82) is 0 Å². The zero-order chi connectivity index (χ0) is 27.5. The van der Waals surface area contributed by atoms with E-state index in [1.165, 1.54) is 0 Å². The third-order valence-corrected chi connectivity index (χ3v) is 8.96. The minimum absolute atomic E-state index is 0.0598. The Morgan fingerprint density at radius 2 is 2.00 bits per heavy atom. The van der Waals surface area contributed by atoms with Crippen LogP contribution in [0.25, 0.3) is 6.08 Å². The standard InChI is InChI=1S/C29H43NO6S/c1-8-10-21-26(33)17(2)11-9-12-29(7)24(36-29)14-22(18(3)13-20-16-37-19(4)30-20)35-25(32)15-23(31)28(5,6)27(21)34/h8,13,16-17,21-24,26,31,33H,1,9-12,14-15H2,2-7H3/b18-13+/t17-,21+,22-,23+,24+,26-,29+/m0/s1. The summed E-state index contributed by atoms with van der Waals surface area (Å²) in [5.41, 5.74) is 0.101. The van der Waals surface area contributed by atoms with Gasteiger partial charge in [-0.1, -0.05) is 33.3 Å². The molecule has 2 N–H and O–H groups in total. The average molecular weight is 534 g/mol. The molecule has 1 aromatic heterocycles. The van der Waals surface area contributed by atoms with Gasteiger partial charge in [0.1, 0.15) is 11.9 Å². The Labute approximate surface area is 225 Å². The zero-order valence-electron chi connectivity index (χ0n) is 23.0. The molecule has 3 heterocycles. The van der Waals surface area contributed by atoms with Gasteiger partial charge in [0.25, 0.3) is 0 Å². The van der Waals surface area contributed by atoms with Crippen LogP contribution in [0.1, 0.15) is 83.8 Å². The molecule has 7 atom stereocenters. The predicted octanol–water partition coefficient (Wildman–Crippen LogP) is 5.03. The monoisotopic (exact) mass is 533 g/mol. The molecule has 2 aliphatic rings. The van der Waals surface area contributed by atoms with Gasteiger partial charge < -0.3 is 19.7 Å². The molecular formula is C29H43NO6S. The minimum atomic E-state index is -1.26. The number of rotatable bonds is 4. The highest BCUT2D eigenvalue weighted by Gasteiger charge is 2.53. The number of thiazole rings is 1. The van der Waals surface area contributed by atoms with Gasteiger partial charge >= 0.3 is 5.97 Å². The smallest absolute Gasteiger partial charge is 0.309 e. The number of fused-ring (bicyclic) bond motifs is 1. The third kappa shape index (κ3) is 7.16. The summed E-state index contributed by atoms with van der Waals surface area (Å²) in [5.74, 6) is -1.67. The van der Waals surface area contributed by atoms with E-state index >= 15 is 0 Å². The first kappa shape index (κ1) is 29.7. The molecule has 206 valence electrons. The lowest BCUT2D eigenvalue weighted by atomic mass is 9.71. The van der Waals surface area contributed by atoms with E-state index in [2.05, 4.69) is 18.5 Å². The minimum Gasteiger partial charge on any atom is -0.458 e. The van der Waals surface area contributed by atoms with Gasteiger partial charge in [-0.2, -0.15) is 0 Å². The zero-order valence-corrected chi connectivity index (χ0v) is 23.8. The first-order valence-corrected chi connectivity index (χ1v) is 14.2. The van der Waals surface area contributed by atoms with Crippen LogP contribution in [0.4, 0.5) is 0 Å². The Morgan fingerprint density at radius 1 is 1.30 bits per heavy atom. The van der Waals surface area contributed by atoms with Crippen molar-refractivity contribution in [1.82, 2.24) is 4.98 Å². The van der Waals surface area contributed by atoms with Gasteiger partial charge in [0.05, 0.1) is 46.5 Å². The summed E-state index contributed by atoms with van der Waals surface area (Å²) in [6.45, 7) is 14.9. The number of aliphatic hydroxyl groups is 2. The summed E-state index contributed by atoms with van der Waals surface area (Å²) in [6.07, 6.45) is 3.71. The maximum atomic E-state index is 13.6. The molecule has 0 radical (unpaired) electrons. The highest BCUT2D eigenvalue weighted by molar-refractivity contribution is 7.09. The van der Waals surface area contributed by atoms with Crippen LogP contribution in [0.3, 0.4) is 0 Å². The number of aromatic nitrogens is 1. The Bertz CT molecular complexity index is 1020. The van der Waals surface area contributed by atoms with Crippen LogP contribution in [-0.4, -0.2) is 57.0 Å². The van der Waals surface area contributed by atoms with E-state index in [0.717, 1.165) is 35.5 Å². The van der Waals surface area contributed by atoms with E-state index < -0.39 is 35.6 Å². The van der Waals surface area contributed by atoms with Gasteiger partial charge in [0.2, 0.25) is 0 Å². The summed E-state index contributed by atoms with van der Waals surface area (Å²) in [4.78, 5) is 31.1. The van der Waals surface area contributed by atoms with Crippen LogP contribution >= 0.6 is 11.3 Å². The van der Waals surface area contributed by atoms with E-state index in [9.17, 15) is 19.8 Å². The fourth-order valence-corrected chi connectivity index (χ4v) is 5.86. The highest BCUT2D eigenvalue weighted by atomic mass is 32.1. The maximum absolute atomic E-state index is 13.6. The number of esters is 1. The predicted molar refractivity (Wildman–Crippen MR) is 145 cm³/mol. The largest absolute Gasteiger partial charge is 0.458 e. The maximum Gasteiger partial charge on any atom is 0.309 e. The molecule has 0 aromatic carbocycles. The van der Waals surface area contributed by atoms with E-state index in [1.807, 2.05) is 32.2 Å². The number of cyclic esters (lactones) is 1. The molecule has 1 aromatic rings. The lowest BCUT2D eigenvalue weighted by Gasteiger charge is -2.35. The molecule has 0 spiro atoms. The van der Waals surface area contributed by atoms with Crippen molar-refractivity contribution in [3.63, 3.8) is 0 Å². The normalized spacial score (nSPS) is 35.9. The Kier molecular flexibility index (Phi) is 9.54. The second kappa shape index (κ2) is 11.9. The van der Waals surface area contributed by atoms with E-state index in [-0.39, 0.29) is 29.8 Å². The second-order valence-electron chi connectivity index (χ2n) is 11.6. The summed E-state index contributed by atoms with van der Waals surface area (Å²) < 4.78 is 12.0. The van der Waals surface area contributed by atoms with Crippen LogP contribution in [-0.2, 0) is 19.1 Å². The van der Waals surface area contributed by atoms with Crippen molar-refractivity contribution in [2.24, 2.45) is 17.3 Å². The molecule has 0 bridgehead atoms. The summed E-state index contributed by atoms with van der Waals surface area (Å²) in [7, 11) is 0. The Balaban J connectivity index is 1.88. The molecule has 2 saturated heterocycles. The summed E-state index contributed by atoms with van der Waals surface area (Å²) in [5, 5.41) is 25.0. The van der Waals surface area contributed by atoms with Gasteiger partial charge in [-0.15, -0.1) is 17.9 Å². The number of carbonyl (C=O) groups excluding carboxylic acids is 2. The lowest BCUT2D eigenvalue weighted by molar-refractivity contribution is -0.154. The number of carbonyl (C=O) groups is 2. The van der Waals surface area contributed by atoms with Crippen molar-refractivity contribution in [2.75, 3.05) is 0 Å². The van der Waals surface area contributed by atoms with Gasteiger partial charge in [-0.3, -0.25) is 9.59 Å². The number of hydrogen-bond donors (Lipinski definition) is 2. The second-order valence-corrected chi connectivity index (χ2v) is 12.7. The van der Waals surface area contributed by atoms with Crippen molar-refractivity contribution in [3.8, 4) is 0 Å². The molecular weight excluding hydrogens is 490 g/mol. The number of ether oxygens (including phenoxy) is 2. The lowest BCUT2D eigenvalue weighted by Crippen LogP contribution is -2.46. The van der Waals surface area contributed by atoms with Gasteiger partial charge in [0, 0.05) is 17.7 Å². The molecule has 0 amide bonds. The van der Waals surface area contributed by atoms with Gasteiger partial charge in [-0.25, -0.2) is 4.98 Å². The molecule has 8 heteroatoms. The fourth-order valence-electron chi connectivity index (χ4n) is 5.29. The molecule has 7 nitrogen and oxygen atoms in total. The number of ketones is 1. The number of hydrogen-bond acceptors (Lipinski definition) is 8. The number of aryl methyl sites for hydroxylation is 1. The topological polar surface area (TPSA) is 109 Å². The first-order valence-electron chi connectivity index (χ1n) is 13.3. The van der Waals surface area contributed by atoms with E-state index in [0.29, 0.717) is 12.8 Å². The number of aliphatic hydroxyl groups excluding tert-OH is 2. The van der Waals surface area contributed by atoms with Crippen LogP contribution < -0.4 is 0 Å². The third-order valence-electron chi connectivity index (χ3n) is 8.17. The number of Topliss-reactive ketones (excluding diaryl/α,β-unsaturated/α-hetero) is 1. The van der Waals surface area contributed by atoms with Crippen LogP contribution in [0, 0.1) is 24.2 Å². The molecule has 3 rings (SSSR count). The van der Waals surface area contributed by atoms with Crippen molar-refractivity contribution < 1.29 is 29.3 Å². The van der Waals surface area contributed by atoms with Gasteiger partial charge in [-0.05, 0) is 57.6 Å². The first-order chi connectivity index (χ1) is 17.3. The Hall–Kier alpha value is -1.87. The van der Waals surface area contributed by atoms with Crippen molar-refractivity contribution in [3.05, 3.63) is 34.3 Å². The van der Waals surface area contributed by atoms with Crippen molar-refractivity contribution >= 4 is 29.2 Å². The molecule has 37 heavy (non-hydrogen) atoms. The number of allylic oxidation sites excluding steroid dienone is 1. The summed E-state index contributed by atoms with van der Waals surface area (Å²) in [6, 6.07) is 0. The molecule has 2 aliphatic heterocycles. The van der Waals surface area contributed by atoms with E-state index in [4.69, 9.17) is 9.47 Å². The van der Waals surface area contributed by atoms with Crippen LogP contribution in [0.15, 0.2) is 23.6 Å². The molecule has 2 fully saturated rings. The quantitative estimate of drug-likeness (QED) is 0.317. The van der Waals surface area contributed by atoms with Crippen LogP contribution in [0.2, 0.25) is 0 Å². The summed E-state index contributed by atoms with van der Waals surface area (Å²) >= 11 is 1.56. The average Bonchev–Trinajstić information content (AvgIpc) is 3.27.